The number of amides is 2. The zero-order chi connectivity index (χ0) is 16.3. The lowest BCUT2D eigenvalue weighted by Crippen LogP contribution is -2.53. The number of hydrogen-bond donors (Lipinski definition) is 3. The molecule has 0 aliphatic carbocycles. The van der Waals surface area contributed by atoms with Crippen molar-refractivity contribution < 1.29 is 9.59 Å². The lowest BCUT2D eigenvalue weighted by molar-refractivity contribution is -0.125. The van der Waals surface area contributed by atoms with E-state index in [4.69, 9.17) is 0 Å². The number of likely N-dealkylation sites (N-methyl/N-ethyl adjacent to an activating group) is 1. The molecule has 1 heterocycles. The Balaban J connectivity index is 2.22. The zero-order valence-corrected chi connectivity index (χ0v) is 13.5. The average Bonchev–Trinajstić information content (AvgIpc) is 2.87. The number of fused-ring (bicyclic) bond motifs is 1. The number of para-hydroxylation sites is 1. The summed E-state index contributed by atoms with van der Waals surface area (Å²) in [5.41, 5.74) is 0.985. The number of carbonyl (C=O) groups is 2. The van der Waals surface area contributed by atoms with Gasteiger partial charge in [-0.05, 0) is 24.5 Å². The molecule has 118 valence electrons. The van der Waals surface area contributed by atoms with Crippen LogP contribution in [0.5, 0.6) is 0 Å². The van der Waals surface area contributed by atoms with Crippen molar-refractivity contribution in [1.82, 2.24) is 15.6 Å². The van der Waals surface area contributed by atoms with E-state index in [1.165, 1.54) is 0 Å². The largest absolute Gasteiger partial charge is 0.355 e. The summed E-state index contributed by atoms with van der Waals surface area (Å²) in [6.07, 6.45) is 0. The zero-order valence-electron chi connectivity index (χ0n) is 13.5. The summed E-state index contributed by atoms with van der Waals surface area (Å²) >= 11 is 0. The molecule has 0 unspecified atom stereocenters. The van der Waals surface area contributed by atoms with Gasteiger partial charge in [-0.15, -0.1) is 0 Å². The Labute approximate surface area is 130 Å². The Morgan fingerprint density at radius 3 is 2.50 bits per heavy atom. The molecule has 0 aliphatic heterocycles. The van der Waals surface area contributed by atoms with Crippen LogP contribution in [0.25, 0.3) is 10.9 Å². The lowest BCUT2D eigenvalue weighted by Gasteiger charge is -2.30. The first-order valence-electron chi connectivity index (χ1n) is 7.49. The van der Waals surface area contributed by atoms with Crippen molar-refractivity contribution in [1.29, 1.82) is 0 Å². The van der Waals surface area contributed by atoms with Crippen LogP contribution in [-0.2, 0) is 4.79 Å². The fourth-order valence-electron chi connectivity index (χ4n) is 2.36. The van der Waals surface area contributed by atoms with Crippen molar-refractivity contribution in [3.8, 4) is 0 Å². The molecule has 5 heteroatoms. The molecule has 0 radical (unpaired) electrons. The summed E-state index contributed by atoms with van der Waals surface area (Å²) in [4.78, 5) is 27.7. The van der Waals surface area contributed by atoms with Crippen LogP contribution in [0.2, 0.25) is 0 Å². The highest BCUT2D eigenvalue weighted by molar-refractivity contribution is 6.00. The van der Waals surface area contributed by atoms with Gasteiger partial charge in [0.05, 0.1) is 0 Å². The van der Waals surface area contributed by atoms with Crippen LogP contribution in [0.1, 0.15) is 38.2 Å². The van der Waals surface area contributed by atoms with Crippen LogP contribution in [0, 0.1) is 5.41 Å². The van der Waals surface area contributed by atoms with Crippen molar-refractivity contribution >= 4 is 22.7 Å². The van der Waals surface area contributed by atoms with Crippen LogP contribution >= 0.6 is 0 Å². The highest BCUT2D eigenvalue weighted by Gasteiger charge is 2.32. The normalized spacial score (nSPS) is 12.9. The van der Waals surface area contributed by atoms with Gasteiger partial charge in [-0.3, -0.25) is 9.59 Å². The van der Waals surface area contributed by atoms with E-state index in [0.29, 0.717) is 12.2 Å². The fourth-order valence-corrected chi connectivity index (χ4v) is 2.36. The Morgan fingerprint density at radius 1 is 1.23 bits per heavy atom. The first-order valence-corrected chi connectivity index (χ1v) is 7.49. The molecule has 2 aromatic rings. The molecule has 0 bridgehead atoms. The maximum absolute atomic E-state index is 12.5. The number of aromatic nitrogens is 1. The van der Waals surface area contributed by atoms with E-state index in [9.17, 15) is 9.59 Å². The minimum Gasteiger partial charge on any atom is -0.355 e. The van der Waals surface area contributed by atoms with Gasteiger partial charge in [0.2, 0.25) is 5.91 Å². The van der Waals surface area contributed by atoms with Crippen molar-refractivity contribution in [2.45, 2.75) is 33.7 Å². The fraction of sp³-hybridized carbons (Fsp3) is 0.412. The highest BCUT2D eigenvalue weighted by atomic mass is 16.2. The summed E-state index contributed by atoms with van der Waals surface area (Å²) < 4.78 is 0. The van der Waals surface area contributed by atoms with Crippen molar-refractivity contribution in [3.05, 3.63) is 36.0 Å². The molecule has 1 aromatic heterocycles. The summed E-state index contributed by atoms with van der Waals surface area (Å²) in [6.45, 7) is 8.18. The smallest absolute Gasteiger partial charge is 0.268 e. The summed E-state index contributed by atoms with van der Waals surface area (Å²) in [5, 5.41) is 6.58. The third-order valence-electron chi connectivity index (χ3n) is 3.53. The van der Waals surface area contributed by atoms with Crippen molar-refractivity contribution in [3.63, 3.8) is 0 Å². The predicted octanol–water partition coefficient (Wildman–Crippen LogP) is 2.45. The molecule has 2 amide bonds. The number of hydrogen-bond acceptors (Lipinski definition) is 2. The van der Waals surface area contributed by atoms with Gasteiger partial charge >= 0.3 is 0 Å². The molecular formula is C17H23N3O2. The van der Waals surface area contributed by atoms with Gasteiger partial charge in [0, 0.05) is 17.4 Å². The number of H-pyrrole nitrogens is 1. The number of benzene rings is 1. The monoisotopic (exact) mass is 301 g/mol. The minimum atomic E-state index is -0.591. The van der Waals surface area contributed by atoms with E-state index < -0.39 is 6.04 Å². The van der Waals surface area contributed by atoms with Gasteiger partial charge in [-0.25, -0.2) is 0 Å². The molecule has 0 spiro atoms. The summed E-state index contributed by atoms with van der Waals surface area (Å²) in [7, 11) is 0. The van der Waals surface area contributed by atoms with Crippen molar-refractivity contribution in [2.24, 2.45) is 5.41 Å². The molecule has 0 fully saturated rings. The molecule has 3 N–H and O–H groups in total. The number of nitrogens with one attached hydrogen (secondary N) is 3. The van der Waals surface area contributed by atoms with Crippen LogP contribution < -0.4 is 10.6 Å². The van der Waals surface area contributed by atoms with Gasteiger partial charge in [-0.2, -0.15) is 0 Å². The topological polar surface area (TPSA) is 74.0 Å². The first-order chi connectivity index (χ1) is 10.3. The Morgan fingerprint density at radius 2 is 1.91 bits per heavy atom. The Hall–Kier alpha value is -2.30. The maximum atomic E-state index is 12.5. The molecule has 0 saturated heterocycles. The second-order valence-electron chi connectivity index (χ2n) is 6.44. The standard InChI is InChI=1S/C17H23N3O2/c1-5-18-16(22)14(17(2,3)4)20-15(21)13-10-11-8-6-7-9-12(11)19-13/h6-10,14,19H,5H2,1-4H3,(H,18,22)(H,20,21)/t14-/m1/s1. The second kappa shape index (κ2) is 6.22. The maximum Gasteiger partial charge on any atom is 0.268 e. The predicted molar refractivity (Wildman–Crippen MR) is 87.7 cm³/mol. The molecule has 1 atom stereocenters. The Kier molecular flexibility index (Phi) is 4.54. The van der Waals surface area contributed by atoms with E-state index in [1.807, 2.05) is 52.0 Å². The van der Waals surface area contributed by atoms with E-state index in [0.717, 1.165) is 10.9 Å². The number of carbonyl (C=O) groups excluding carboxylic acids is 2. The third-order valence-corrected chi connectivity index (χ3v) is 3.53. The quantitative estimate of drug-likeness (QED) is 0.811. The number of rotatable bonds is 4. The van der Waals surface area contributed by atoms with Crippen molar-refractivity contribution in [2.75, 3.05) is 6.54 Å². The molecule has 5 nitrogen and oxygen atoms in total. The average molecular weight is 301 g/mol. The van der Waals surface area contributed by atoms with E-state index in [-0.39, 0.29) is 17.2 Å². The highest BCUT2D eigenvalue weighted by Crippen LogP contribution is 2.21. The molecule has 2 rings (SSSR count). The SMILES string of the molecule is CCNC(=O)[C@@H](NC(=O)c1cc2ccccc2[nH]1)C(C)(C)C. The van der Waals surface area contributed by atoms with Crippen LogP contribution in [0.3, 0.4) is 0 Å². The van der Waals surface area contributed by atoms with Crippen LogP contribution in [0.15, 0.2) is 30.3 Å². The van der Waals surface area contributed by atoms with Crippen LogP contribution in [-0.4, -0.2) is 29.4 Å². The molecular weight excluding hydrogens is 278 g/mol. The second-order valence-corrected chi connectivity index (χ2v) is 6.44. The Bertz CT molecular complexity index is 650. The van der Waals surface area contributed by atoms with Gasteiger partial charge < -0.3 is 15.6 Å². The van der Waals surface area contributed by atoms with E-state index in [1.54, 1.807) is 6.07 Å². The molecule has 0 saturated carbocycles. The van der Waals surface area contributed by atoms with Gasteiger partial charge in [0.15, 0.2) is 0 Å². The lowest BCUT2D eigenvalue weighted by atomic mass is 9.86. The van der Waals surface area contributed by atoms with Gasteiger partial charge in [0.25, 0.3) is 5.91 Å². The summed E-state index contributed by atoms with van der Waals surface area (Å²) in [6, 6.07) is 8.89. The van der Waals surface area contributed by atoms with E-state index >= 15 is 0 Å². The molecule has 22 heavy (non-hydrogen) atoms. The molecule has 1 aromatic carbocycles. The molecule has 0 aliphatic rings. The third kappa shape index (κ3) is 3.47. The van der Waals surface area contributed by atoms with Gasteiger partial charge in [-0.1, -0.05) is 39.0 Å². The minimum absolute atomic E-state index is 0.167. The van der Waals surface area contributed by atoms with E-state index in [2.05, 4.69) is 15.6 Å². The van der Waals surface area contributed by atoms with Crippen LogP contribution in [0.4, 0.5) is 0 Å². The first kappa shape index (κ1) is 16.1. The number of aromatic amines is 1. The van der Waals surface area contributed by atoms with Gasteiger partial charge in [0.1, 0.15) is 11.7 Å². The summed E-state index contributed by atoms with van der Waals surface area (Å²) in [5.74, 6) is -0.443.